The molecule has 6 nitrogen and oxygen atoms in total. The number of benzene rings is 1. The van der Waals surface area contributed by atoms with E-state index < -0.39 is 27.7 Å². The summed E-state index contributed by atoms with van der Waals surface area (Å²) in [5.41, 5.74) is -1.14. The Morgan fingerprint density at radius 2 is 1.85 bits per heavy atom. The molecule has 1 aliphatic heterocycles. The van der Waals surface area contributed by atoms with E-state index in [0.717, 1.165) is 16.7 Å². The van der Waals surface area contributed by atoms with E-state index in [1.165, 1.54) is 16.2 Å². The average molecular weight is 410 g/mol. The number of ether oxygens (including phenoxy) is 1. The van der Waals surface area contributed by atoms with Crippen LogP contribution in [0, 0.1) is 6.92 Å². The topological polar surface area (TPSA) is 72.9 Å². The lowest BCUT2D eigenvalue weighted by molar-refractivity contribution is -0.0693. The van der Waals surface area contributed by atoms with Crippen LogP contribution in [0.1, 0.15) is 47.7 Å². The Morgan fingerprint density at radius 3 is 2.37 bits per heavy atom. The number of aryl methyl sites for hydroxylation is 1. The molecule has 146 valence electrons. The molecule has 3 rings (SSSR count). The van der Waals surface area contributed by atoms with E-state index >= 15 is 0 Å². The maximum atomic E-state index is 13.3. The number of amides is 1. The first-order chi connectivity index (χ1) is 12.4. The Morgan fingerprint density at radius 1 is 1.22 bits per heavy atom. The number of carbonyl (C=O) groups excluding carboxylic acids is 1. The number of carbonyl (C=O) groups is 1. The lowest BCUT2D eigenvalue weighted by Crippen LogP contribution is -2.56. The fraction of sp³-hybridized carbons (Fsp3) is 0.421. The summed E-state index contributed by atoms with van der Waals surface area (Å²) < 4.78 is 35.9. The predicted molar refractivity (Wildman–Crippen MR) is 104 cm³/mol. The third-order valence-corrected chi connectivity index (χ3v) is 6.16. The van der Waals surface area contributed by atoms with Crippen LogP contribution >= 0.6 is 11.3 Å². The molecule has 1 amide bonds. The van der Waals surface area contributed by atoms with E-state index in [2.05, 4.69) is 0 Å². The zero-order valence-corrected chi connectivity index (χ0v) is 17.6. The summed E-state index contributed by atoms with van der Waals surface area (Å²) in [4.78, 5) is 15.5. The Hall–Kier alpha value is -1.74. The van der Waals surface area contributed by atoms with Crippen LogP contribution in [-0.4, -0.2) is 36.9 Å². The lowest BCUT2D eigenvalue weighted by atomic mass is 10.0. The number of rotatable bonds is 4. The fourth-order valence-electron chi connectivity index (χ4n) is 3.56. The molecule has 2 atom stereocenters. The van der Waals surface area contributed by atoms with Crippen LogP contribution in [0.2, 0.25) is 0 Å². The smallest absolute Gasteiger partial charge is 0.266 e. The minimum atomic E-state index is -3.87. The largest absolute Gasteiger partial charge is 0.342 e. The predicted octanol–water partition coefficient (Wildman–Crippen LogP) is 3.70. The molecule has 0 saturated carbocycles. The van der Waals surface area contributed by atoms with Gasteiger partial charge in [0.1, 0.15) is 11.8 Å². The highest BCUT2D eigenvalue weighted by Gasteiger charge is 2.61. The van der Waals surface area contributed by atoms with Crippen molar-refractivity contribution in [1.82, 2.24) is 4.90 Å². The lowest BCUT2D eigenvalue weighted by Gasteiger charge is -2.39. The first-order valence-electron chi connectivity index (χ1n) is 8.47. The van der Waals surface area contributed by atoms with Crippen LogP contribution in [0.5, 0.6) is 0 Å². The number of nitrogens with zero attached hydrogens (tertiary/aromatic N) is 1. The summed E-state index contributed by atoms with van der Waals surface area (Å²) in [6, 6.07) is 10.6. The molecule has 1 aromatic carbocycles. The summed E-state index contributed by atoms with van der Waals surface area (Å²) in [5, 5.41) is 1.95. The molecular weight excluding hydrogens is 386 g/mol. The molecule has 2 heterocycles. The van der Waals surface area contributed by atoms with E-state index in [1.54, 1.807) is 45.0 Å². The third-order valence-electron chi connectivity index (χ3n) is 4.43. The maximum Gasteiger partial charge on any atom is 0.266 e. The molecule has 1 aromatic heterocycles. The van der Waals surface area contributed by atoms with E-state index in [4.69, 9.17) is 8.92 Å². The van der Waals surface area contributed by atoms with Gasteiger partial charge in [-0.25, -0.2) is 4.18 Å². The molecule has 8 heteroatoms. The molecule has 0 aliphatic carbocycles. The number of thiophene rings is 1. The molecule has 0 spiro atoms. The van der Waals surface area contributed by atoms with Crippen molar-refractivity contribution >= 4 is 27.4 Å². The summed E-state index contributed by atoms with van der Waals surface area (Å²) in [6.07, 6.45) is 0.236. The van der Waals surface area contributed by atoms with Crippen molar-refractivity contribution in [1.29, 1.82) is 0 Å². The number of hydrogen-bond acceptors (Lipinski definition) is 6. The third kappa shape index (κ3) is 3.80. The zero-order valence-electron chi connectivity index (χ0n) is 15.9. The Bertz CT molecular complexity index is 951. The Labute approximate surface area is 163 Å². The van der Waals surface area contributed by atoms with E-state index in [-0.39, 0.29) is 5.91 Å². The molecule has 1 aliphatic rings. The van der Waals surface area contributed by atoms with Gasteiger partial charge in [0.05, 0.1) is 6.26 Å². The van der Waals surface area contributed by atoms with Crippen molar-refractivity contribution in [2.45, 2.75) is 45.2 Å². The highest BCUT2D eigenvalue weighted by atomic mass is 32.2. The first-order valence-corrected chi connectivity index (χ1v) is 11.2. The first kappa shape index (κ1) is 20.0. The van der Waals surface area contributed by atoms with Gasteiger partial charge in [-0.05, 0) is 56.8 Å². The second kappa shape index (κ2) is 6.70. The van der Waals surface area contributed by atoms with Crippen LogP contribution in [0.15, 0.2) is 41.8 Å². The van der Waals surface area contributed by atoms with Gasteiger partial charge in [0, 0.05) is 10.4 Å². The van der Waals surface area contributed by atoms with Crippen LogP contribution < -0.4 is 0 Å². The standard InChI is InChI=1S/C19H23NO5S2/c1-13-11-15(26-12-13)16-19(4,25-27(5,22)23)20(18(2,3)24-16)17(21)14-9-7-6-8-10-14/h6-12,16H,1-5H3/t16-,19+/m1/s1. The van der Waals surface area contributed by atoms with Gasteiger partial charge in [-0.15, -0.1) is 11.3 Å². The van der Waals surface area contributed by atoms with E-state index in [0.29, 0.717) is 5.56 Å². The normalized spacial score (nSPS) is 24.9. The minimum Gasteiger partial charge on any atom is -0.342 e. The molecule has 27 heavy (non-hydrogen) atoms. The maximum absolute atomic E-state index is 13.3. The SMILES string of the molecule is Cc1csc([C@H]2OC(C)(C)N(C(=O)c3ccccc3)[C@@]2(C)OS(C)(=O)=O)c1. The van der Waals surface area contributed by atoms with Crippen molar-refractivity contribution in [3.8, 4) is 0 Å². The molecule has 1 saturated heterocycles. The Balaban J connectivity index is 2.15. The van der Waals surface area contributed by atoms with Crippen molar-refractivity contribution < 1.29 is 22.1 Å². The van der Waals surface area contributed by atoms with E-state index in [1.807, 2.05) is 24.4 Å². The quantitative estimate of drug-likeness (QED) is 0.720. The van der Waals surface area contributed by atoms with Gasteiger partial charge in [0.15, 0.2) is 5.72 Å². The van der Waals surface area contributed by atoms with Crippen molar-refractivity contribution in [2.75, 3.05) is 6.26 Å². The van der Waals surface area contributed by atoms with Crippen LogP contribution in [0.3, 0.4) is 0 Å². The second-order valence-electron chi connectivity index (χ2n) is 7.32. The highest BCUT2D eigenvalue weighted by Crippen LogP contribution is 2.51. The number of hydrogen-bond donors (Lipinski definition) is 0. The zero-order chi connectivity index (χ0) is 20.0. The average Bonchev–Trinajstić information content (AvgIpc) is 3.05. The molecular formula is C19H23NO5S2. The fourth-order valence-corrected chi connectivity index (χ4v) is 5.37. The van der Waals surface area contributed by atoms with Gasteiger partial charge >= 0.3 is 0 Å². The highest BCUT2D eigenvalue weighted by molar-refractivity contribution is 7.86. The van der Waals surface area contributed by atoms with Crippen LogP contribution in [-0.2, 0) is 19.0 Å². The van der Waals surface area contributed by atoms with Gasteiger partial charge < -0.3 is 4.74 Å². The molecule has 0 bridgehead atoms. The Kier molecular flexibility index (Phi) is 4.96. The van der Waals surface area contributed by atoms with E-state index in [9.17, 15) is 13.2 Å². The van der Waals surface area contributed by atoms with Crippen LogP contribution in [0.25, 0.3) is 0 Å². The second-order valence-corrected chi connectivity index (χ2v) is 9.84. The monoisotopic (exact) mass is 409 g/mol. The summed E-state index contributed by atoms with van der Waals surface area (Å²) >= 11 is 1.45. The summed E-state index contributed by atoms with van der Waals surface area (Å²) in [5.74, 6) is -0.359. The van der Waals surface area contributed by atoms with Gasteiger partial charge in [-0.3, -0.25) is 9.69 Å². The van der Waals surface area contributed by atoms with Crippen molar-refractivity contribution in [3.63, 3.8) is 0 Å². The summed E-state index contributed by atoms with van der Waals surface area (Å²) in [7, 11) is -3.87. The van der Waals surface area contributed by atoms with Gasteiger partial charge in [0.2, 0.25) is 0 Å². The molecule has 1 fully saturated rings. The van der Waals surface area contributed by atoms with Gasteiger partial charge in [-0.2, -0.15) is 8.42 Å². The molecule has 0 unspecified atom stereocenters. The molecule has 2 aromatic rings. The molecule has 0 N–H and O–H groups in total. The van der Waals surface area contributed by atoms with Crippen molar-refractivity contribution in [2.24, 2.45) is 0 Å². The van der Waals surface area contributed by atoms with Gasteiger partial charge in [0.25, 0.3) is 16.0 Å². The summed E-state index contributed by atoms with van der Waals surface area (Å²) in [6.45, 7) is 7.00. The van der Waals surface area contributed by atoms with Gasteiger partial charge in [-0.1, -0.05) is 18.2 Å². The van der Waals surface area contributed by atoms with Crippen LogP contribution in [0.4, 0.5) is 0 Å². The van der Waals surface area contributed by atoms with Crippen molar-refractivity contribution in [3.05, 3.63) is 57.8 Å². The molecule has 0 radical (unpaired) electrons. The minimum absolute atomic E-state index is 0.359.